The minimum Gasteiger partial charge on any atom is -0.312 e. The summed E-state index contributed by atoms with van der Waals surface area (Å²) in [6.07, 6.45) is 2.42. The van der Waals surface area contributed by atoms with Crippen molar-refractivity contribution in [3.8, 4) is 0 Å². The van der Waals surface area contributed by atoms with Crippen molar-refractivity contribution < 1.29 is 4.79 Å². The fraction of sp³-hybridized carbons (Fsp3) is 0.333. The lowest BCUT2D eigenvalue weighted by Crippen LogP contribution is -2.24. The predicted molar refractivity (Wildman–Crippen MR) is 70.3 cm³/mol. The highest BCUT2D eigenvalue weighted by atomic mass is 79.9. The summed E-state index contributed by atoms with van der Waals surface area (Å²) in [7, 11) is 0. The normalized spacial score (nSPS) is 20.4. The fourth-order valence-corrected chi connectivity index (χ4v) is 2.66. The highest BCUT2D eigenvalue weighted by Gasteiger charge is 2.29. The van der Waals surface area contributed by atoms with Gasteiger partial charge in [0, 0.05) is 29.4 Å². The van der Waals surface area contributed by atoms with Crippen LogP contribution in [0.3, 0.4) is 0 Å². The van der Waals surface area contributed by atoms with E-state index in [-0.39, 0.29) is 5.91 Å². The van der Waals surface area contributed by atoms with Gasteiger partial charge in [0.1, 0.15) is 0 Å². The molecule has 17 heavy (non-hydrogen) atoms. The Bertz CT molecular complexity index is 566. The molecule has 5 heteroatoms. The molecule has 0 aliphatic carbocycles. The molecule has 3 rings (SSSR count). The molecule has 4 nitrogen and oxygen atoms in total. The third kappa shape index (κ3) is 1.84. The monoisotopic (exact) mass is 293 g/mol. The minimum atomic E-state index is 0.202. The Balaban J connectivity index is 1.95. The number of fused-ring (bicyclic) bond motifs is 1. The van der Waals surface area contributed by atoms with Gasteiger partial charge in [-0.3, -0.25) is 9.89 Å². The third-order valence-electron chi connectivity index (χ3n) is 3.16. The van der Waals surface area contributed by atoms with Crippen molar-refractivity contribution in [3.05, 3.63) is 24.4 Å². The number of nitrogens with zero attached hydrogens (tertiary/aromatic N) is 2. The number of rotatable bonds is 2. The lowest BCUT2D eigenvalue weighted by atomic mass is 10.2. The molecule has 1 unspecified atom stereocenters. The van der Waals surface area contributed by atoms with Crippen molar-refractivity contribution in [3.63, 3.8) is 0 Å². The molecule has 88 valence electrons. The van der Waals surface area contributed by atoms with Crippen LogP contribution in [0.1, 0.15) is 6.42 Å². The van der Waals surface area contributed by atoms with E-state index in [9.17, 15) is 4.79 Å². The molecule has 1 aromatic carbocycles. The van der Waals surface area contributed by atoms with E-state index in [4.69, 9.17) is 0 Å². The van der Waals surface area contributed by atoms with Gasteiger partial charge in [0.25, 0.3) is 0 Å². The van der Waals surface area contributed by atoms with Crippen LogP contribution in [-0.4, -0.2) is 28.0 Å². The van der Waals surface area contributed by atoms with Crippen molar-refractivity contribution in [2.45, 2.75) is 6.42 Å². The standard InChI is InChI=1S/C12H12BrN3O/c13-5-8-3-12(17)16(7-8)10-2-1-9-6-14-15-11(9)4-10/h1-2,4,6,8H,3,5,7H2,(H,14,15). The van der Waals surface area contributed by atoms with Gasteiger partial charge in [0.05, 0.1) is 11.7 Å². The van der Waals surface area contributed by atoms with Crippen molar-refractivity contribution in [1.82, 2.24) is 10.2 Å². The second-order valence-electron chi connectivity index (χ2n) is 4.37. The SMILES string of the molecule is O=C1CC(CBr)CN1c1ccc2cn[nH]c2c1. The molecule has 0 spiro atoms. The molecule has 1 fully saturated rings. The Hall–Kier alpha value is -1.36. The number of alkyl halides is 1. The van der Waals surface area contributed by atoms with E-state index in [0.29, 0.717) is 12.3 Å². The second-order valence-corrected chi connectivity index (χ2v) is 5.02. The predicted octanol–water partition coefficient (Wildman–Crippen LogP) is 2.31. The number of amides is 1. The molecule has 1 aliphatic heterocycles. The number of nitrogens with one attached hydrogen (secondary N) is 1. The molecule has 1 amide bonds. The fourth-order valence-electron chi connectivity index (χ4n) is 2.23. The van der Waals surface area contributed by atoms with E-state index in [1.807, 2.05) is 23.1 Å². The molecule has 2 aromatic rings. The van der Waals surface area contributed by atoms with Crippen molar-refractivity contribution in [2.24, 2.45) is 5.92 Å². The van der Waals surface area contributed by atoms with Crippen LogP contribution in [0.5, 0.6) is 0 Å². The summed E-state index contributed by atoms with van der Waals surface area (Å²) in [4.78, 5) is 13.8. The lowest BCUT2D eigenvalue weighted by molar-refractivity contribution is -0.117. The largest absolute Gasteiger partial charge is 0.312 e. The Labute approximate surface area is 107 Å². The molecular weight excluding hydrogens is 282 g/mol. The molecule has 1 saturated heterocycles. The molecule has 1 N–H and O–H groups in total. The number of hydrogen-bond donors (Lipinski definition) is 1. The molecule has 0 radical (unpaired) electrons. The Kier molecular flexibility index (Phi) is 2.63. The summed E-state index contributed by atoms with van der Waals surface area (Å²) in [6.45, 7) is 0.795. The minimum absolute atomic E-state index is 0.202. The first kappa shape index (κ1) is 10.8. The van der Waals surface area contributed by atoms with Crippen molar-refractivity contribution in [2.75, 3.05) is 16.8 Å². The molecule has 1 aliphatic rings. The number of aromatic amines is 1. The summed E-state index contributed by atoms with van der Waals surface area (Å²) in [5, 5.41) is 8.85. The first-order chi connectivity index (χ1) is 8.28. The smallest absolute Gasteiger partial charge is 0.227 e. The van der Waals surface area contributed by atoms with Gasteiger partial charge in [0.15, 0.2) is 0 Å². The Morgan fingerprint density at radius 1 is 1.53 bits per heavy atom. The Morgan fingerprint density at radius 2 is 2.41 bits per heavy atom. The number of aromatic nitrogens is 2. The Morgan fingerprint density at radius 3 is 3.18 bits per heavy atom. The maximum atomic E-state index is 11.9. The first-order valence-electron chi connectivity index (χ1n) is 5.57. The molecule has 1 atom stereocenters. The molecular formula is C12H12BrN3O. The molecule has 2 heterocycles. The zero-order valence-electron chi connectivity index (χ0n) is 9.19. The van der Waals surface area contributed by atoms with Crippen LogP contribution in [0, 0.1) is 5.92 Å². The van der Waals surface area contributed by atoms with Crippen LogP contribution in [0.25, 0.3) is 10.9 Å². The van der Waals surface area contributed by atoms with Crippen LogP contribution >= 0.6 is 15.9 Å². The number of halogens is 1. The summed E-state index contributed by atoms with van der Waals surface area (Å²) < 4.78 is 0. The van der Waals surface area contributed by atoms with Crippen LogP contribution < -0.4 is 4.90 Å². The highest BCUT2D eigenvalue weighted by molar-refractivity contribution is 9.09. The van der Waals surface area contributed by atoms with E-state index >= 15 is 0 Å². The number of benzene rings is 1. The summed E-state index contributed by atoms with van der Waals surface area (Å²) >= 11 is 3.44. The topological polar surface area (TPSA) is 49.0 Å². The van der Waals surface area contributed by atoms with Crippen LogP contribution in [0.4, 0.5) is 5.69 Å². The van der Waals surface area contributed by atoms with Gasteiger partial charge in [-0.2, -0.15) is 5.10 Å². The van der Waals surface area contributed by atoms with Gasteiger partial charge in [-0.15, -0.1) is 0 Å². The molecule has 0 saturated carbocycles. The van der Waals surface area contributed by atoms with Crippen molar-refractivity contribution >= 4 is 38.4 Å². The van der Waals surface area contributed by atoms with Crippen LogP contribution in [-0.2, 0) is 4.79 Å². The number of anilines is 1. The van der Waals surface area contributed by atoms with Crippen LogP contribution in [0.2, 0.25) is 0 Å². The van der Waals surface area contributed by atoms with Gasteiger partial charge in [0.2, 0.25) is 5.91 Å². The summed E-state index contributed by atoms with van der Waals surface area (Å²) in [6, 6.07) is 5.95. The van der Waals surface area contributed by atoms with Gasteiger partial charge in [-0.25, -0.2) is 0 Å². The average Bonchev–Trinajstić information content (AvgIpc) is 2.93. The number of carbonyl (C=O) groups excluding carboxylic acids is 1. The van der Waals surface area contributed by atoms with Gasteiger partial charge >= 0.3 is 0 Å². The van der Waals surface area contributed by atoms with Gasteiger partial charge < -0.3 is 4.90 Å². The first-order valence-corrected chi connectivity index (χ1v) is 6.69. The maximum Gasteiger partial charge on any atom is 0.227 e. The summed E-state index contributed by atoms with van der Waals surface area (Å²) in [5.74, 6) is 0.619. The number of H-pyrrole nitrogens is 1. The van der Waals surface area contributed by atoms with E-state index in [0.717, 1.165) is 28.5 Å². The van der Waals surface area contributed by atoms with Crippen molar-refractivity contribution in [1.29, 1.82) is 0 Å². The number of hydrogen-bond acceptors (Lipinski definition) is 2. The lowest BCUT2D eigenvalue weighted by Gasteiger charge is -2.16. The maximum absolute atomic E-state index is 11.9. The van der Waals surface area contributed by atoms with E-state index < -0.39 is 0 Å². The zero-order valence-corrected chi connectivity index (χ0v) is 10.8. The second kappa shape index (κ2) is 4.14. The van der Waals surface area contributed by atoms with E-state index in [1.54, 1.807) is 6.20 Å². The van der Waals surface area contributed by atoms with Gasteiger partial charge in [-0.05, 0) is 24.1 Å². The van der Waals surface area contributed by atoms with E-state index in [2.05, 4.69) is 26.1 Å². The van der Waals surface area contributed by atoms with Crippen LogP contribution in [0.15, 0.2) is 24.4 Å². The quantitative estimate of drug-likeness (QED) is 0.864. The molecule has 1 aromatic heterocycles. The zero-order chi connectivity index (χ0) is 11.8. The highest BCUT2D eigenvalue weighted by Crippen LogP contribution is 2.28. The molecule has 0 bridgehead atoms. The third-order valence-corrected chi connectivity index (χ3v) is 4.08. The van der Waals surface area contributed by atoms with Gasteiger partial charge in [-0.1, -0.05) is 15.9 Å². The average molecular weight is 294 g/mol. The van der Waals surface area contributed by atoms with E-state index in [1.165, 1.54) is 0 Å². The summed E-state index contributed by atoms with van der Waals surface area (Å²) in [5.41, 5.74) is 1.92. The number of carbonyl (C=O) groups is 1.